The van der Waals surface area contributed by atoms with E-state index in [0.717, 1.165) is 29.2 Å². The quantitative estimate of drug-likeness (QED) is 0.476. The fourth-order valence-corrected chi connectivity index (χ4v) is 2.49. The van der Waals surface area contributed by atoms with Gasteiger partial charge in [-0.1, -0.05) is 12.1 Å². The number of hydrogen-bond donors (Lipinski definition) is 2. The molecule has 2 unspecified atom stereocenters. The van der Waals surface area contributed by atoms with Crippen LogP contribution in [0.2, 0.25) is 0 Å². The van der Waals surface area contributed by atoms with Gasteiger partial charge in [-0.2, -0.15) is 13.2 Å². The fourth-order valence-electron chi connectivity index (χ4n) is 2.49. The number of nitrogens with zero attached hydrogens (tertiary/aromatic N) is 1. The van der Waals surface area contributed by atoms with E-state index in [9.17, 15) is 32.3 Å². The van der Waals surface area contributed by atoms with Gasteiger partial charge < -0.3 is 14.7 Å². The molecule has 1 aromatic carbocycles. The Morgan fingerprint density at radius 3 is 2.16 bits per heavy atom. The van der Waals surface area contributed by atoms with Gasteiger partial charge in [-0.3, -0.25) is 10.5 Å². The van der Waals surface area contributed by atoms with Crippen LogP contribution >= 0.6 is 0 Å². The van der Waals surface area contributed by atoms with E-state index in [2.05, 4.69) is 4.74 Å². The highest BCUT2D eigenvalue weighted by Gasteiger charge is 2.54. The van der Waals surface area contributed by atoms with Crippen molar-refractivity contribution < 1.29 is 37.0 Å². The number of amides is 1. The van der Waals surface area contributed by atoms with Gasteiger partial charge in [0.25, 0.3) is 11.6 Å². The van der Waals surface area contributed by atoms with E-state index in [0.29, 0.717) is 12.8 Å². The molecule has 1 aliphatic heterocycles. The van der Waals surface area contributed by atoms with Crippen LogP contribution < -0.4 is 5.73 Å². The summed E-state index contributed by atoms with van der Waals surface area (Å²) < 4.78 is 54.9. The summed E-state index contributed by atoms with van der Waals surface area (Å²) in [7, 11) is 0. The second-order valence-corrected chi connectivity index (χ2v) is 5.63. The third kappa shape index (κ3) is 4.07. The molecule has 138 valence electrons. The molecular formula is C15H16F4N2O4. The van der Waals surface area contributed by atoms with Crippen molar-refractivity contribution in [2.45, 2.75) is 30.8 Å². The van der Waals surface area contributed by atoms with Crippen LogP contribution in [-0.4, -0.2) is 46.9 Å². The smallest absolute Gasteiger partial charge is 0.424 e. The number of nitrogens with two attached hydrogens (primary N) is 1. The Labute approximate surface area is 140 Å². The molecule has 2 atom stereocenters. The fraction of sp³-hybridized carbons (Fsp3) is 0.467. The first-order valence-corrected chi connectivity index (χ1v) is 7.37. The average Bonchev–Trinajstić information content (AvgIpc) is 3.07. The van der Waals surface area contributed by atoms with Crippen LogP contribution in [0.25, 0.3) is 0 Å². The summed E-state index contributed by atoms with van der Waals surface area (Å²) in [5, 5.41) is 10.3. The molecule has 1 saturated heterocycles. The van der Waals surface area contributed by atoms with Gasteiger partial charge in [0.1, 0.15) is 11.9 Å². The zero-order valence-corrected chi connectivity index (χ0v) is 12.9. The number of likely N-dealkylation sites (tertiary alicyclic amines) is 1. The van der Waals surface area contributed by atoms with Crippen molar-refractivity contribution in [1.29, 1.82) is 0 Å². The van der Waals surface area contributed by atoms with Crippen LogP contribution in [0.15, 0.2) is 24.3 Å². The summed E-state index contributed by atoms with van der Waals surface area (Å²) in [6.45, 7) is 0.412. The van der Waals surface area contributed by atoms with E-state index in [-0.39, 0.29) is 18.7 Å². The Morgan fingerprint density at radius 1 is 1.16 bits per heavy atom. The zero-order valence-electron chi connectivity index (χ0n) is 12.9. The number of halogens is 4. The maximum Gasteiger partial charge on any atom is 0.491 e. The molecule has 25 heavy (non-hydrogen) atoms. The van der Waals surface area contributed by atoms with Crippen LogP contribution in [-0.2, 0) is 14.3 Å². The largest absolute Gasteiger partial charge is 0.491 e. The lowest BCUT2D eigenvalue weighted by Gasteiger charge is -2.35. The summed E-state index contributed by atoms with van der Waals surface area (Å²) in [5.41, 5.74) is 2.49. The highest BCUT2D eigenvalue weighted by atomic mass is 19.4. The first-order valence-electron chi connectivity index (χ1n) is 7.37. The first kappa shape index (κ1) is 19.1. The van der Waals surface area contributed by atoms with Gasteiger partial charge in [-0.15, -0.1) is 0 Å². The van der Waals surface area contributed by atoms with E-state index in [1.165, 1.54) is 0 Å². The predicted molar refractivity (Wildman–Crippen MR) is 76.2 cm³/mol. The summed E-state index contributed by atoms with van der Waals surface area (Å²) in [6.07, 6.45) is -6.32. The van der Waals surface area contributed by atoms with Crippen molar-refractivity contribution in [1.82, 2.24) is 4.90 Å². The maximum atomic E-state index is 13.0. The Hall–Kier alpha value is -2.20. The van der Waals surface area contributed by atoms with Crippen molar-refractivity contribution in [2.75, 3.05) is 13.1 Å². The SMILES string of the molecule is NC(OC(=O)C(F)(F)F)(C(=O)N1CCCC1)C(O)c1ccc(F)cc1. The lowest BCUT2D eigenvalue weighted by Crippen LogP contribution is -2.62. The summed E-state index contributed by atoms with van der Waals surface area (Å²) in [4.78, 5) is 24.9. The molecule has 1 fully saturated rings. The Morgan fingerprint density at radius 2 is 1.68 bits per heavy atom. The summed E-state index contributed by atoms with van der Waals surface area (Å²) >= 11 is 0. The molecule has 1 amide bonds. The van der Waals surface area contributed by atoms with Crippen molar-refractivity contribution in [3.05, 3.63) is 35.6 Å². The lowest BCUT2D eigenvalue weighted by atomic mass is 9.97. The van der Waals surface area contributed by atoms with E-state index >= 15 is 0 Å². The molecule has 3 N–H and O–H groups in total. The van der Waals surface area contributed by atoms with Crippen LogP contribution in [0.4, 0.5) is 17.6 Å². The third-order valence-electron chi connectivity index (χ3n) is 3.81. The number of aliphatic hydroxyl groups excluding tert-OH is 1. The van der Waals surface area contributed by atoms with Crippen molar-refractivity contribution in [3.8, 4) is 0 Å². The Kier molecular flexibility index (Phi) is 5.33. The maximum absolute atomic E-state index is 13.0. The second kappa shape index (κ2) is 6.96. The van der Waals surface area contributed by atoms with E-state index < -0.39 is 35.7 Å². The van der Waals surface area contributed by atoms with Crippen molar-refractivity contribution in [3.63, 3.8) is 0 Å². The molecule has 0 saturated carbocycles. The molecular weight excluding hydrogens is 348 g/mol. The van der Waals surface area contributed by atoms with Gasteiger partial charge in [0.2, 0.25) is 0 Å². The van der Waals surface area contributed by atoms with Gasteiger partial charge in [-0.05, 0) is 30.5 Å². The minimum Gasteiger partial charge on any atom is -0.424 e. The lowest BCUT2D eigenvalue weighted by molar-refractivity contribution is -0.225. The predicted octanol–water partition coefficient (Wildman–Crippen LogP) is 1.24. The monoisotopic (exact) mass is 364 g/mol. The molecule has 0 spiro atoms. The highest BCUT2D eigenvalue weighted by Crippen LogP contribution is 2.31. The number of rotatable bonds is 4. The molecule has 10 heteroatoms. The van der Waals surface area contributed by atoms with Gasteiger partial charge in [0.15, 0.2) is 0 Å². The van der Waals surface area contributed by atoms with Crippen molar-refractivity contribution in [2.24, 2.45) is 5.73 Å². The van der Waals surface area contributed by atoms with Crippen molar-refractivity contribution >= 4 is 11.9 Å². The number of alkyl halides is 3. The molecule has 0 radical (unpaired) electrons. The second-order valence-electron chi connectivity index (χ2n) is 5.63. The molecule has 0 bridgehead atoms. The van der Waals surface area contributed by atoms with Gasteiger partial charge in [0.05, 0.1) is 0 Å². The van der Waals surface area contributed by atoms with Gasteiger partial charge >= 0.3 is 12.1 Å². The normalized spacial score (nSPS) is 18.6. The van der Waals surface area contributed by atoms with Crippen LogP contribution in [0.5, 0.6) is 0 Å². The number of carbonyl (C=O) groups is 2. The number of benzene rings is 1. The minimum atomic E-state index is -5.40. The van der Waals surface area contributed by atoms with E-state index in [1.807, 2.05) is 0 Å². The van der Waals surface area contributed by atoms with Crippen LogP contribution in [0, 0.1) is 5.82 Å². The molecule has 0 aliphatic carbocycles. The number of esters is 1. The topological polar surface area (TPSA) is 92.9 Å². The van der Waals surface area contributed by atoms with E-state index in [1.54, 1.807) is 0 Å². The summed E-state index contributed by atoms with van der Waals surface area (Å²) in [5.74, 6) is -4.53. The van der Waals surface area contributed by atoms with Gasteiger partial charge in [0, 0.05) is 13.1 Å². The van der Waals surface area contributed by atoms with Crippen LogP contribution in [0.3, 0.4) is 0 Å². The summed E-state index contributed by atoms with van der Waals surface area (Å²) in [6, 6.07) is 3.90. The zero-order chi connectivity index (χ0) is 18.8. The molecule has 6 nitrogen and oxygen atoms in total. The average molecular weight is 364 g/mol. The standard InChI is InChI=1S/C15H16F4N2O4/c16-10-5-3-9(4-6-10)11(22)14(20,25-13(24)15(17,18)19)12(23)21-7-1-2-8-21/h3-6,11,22H,1-2,7-8,20H2. The molecule has 1 heterocycles. The molecule has 0 aromatic heterocycles. The van der Waals surface area contributed by atoms with Gasteiger partial charge in [-0.25, -0.2) is 9.18 Å². The highest BCUT2D eigenvalue weighted by molar-refractivity contribution is 5.89. The number of ether oxygens (including phenoxy) is 1. The van der Waals surface area contributed by atoms with E-state index in [4.69, 9.17) is 5.73 Å². The first-order chi connectivity index (χ1) is 11.6. The minimum absolute atomic E-state index is 0.175. The number of hydrogen-bond acceptors (Lipinski definition) is 5. The molecule has 2 rings (SSSR count). The van der Waals surface area contributed by atoms with Crippen LogP contribution in [0.1, 0.15) is 24.5 Å². The molecule has 1 aliphatic rings. The molecule has 1 aromatic rings. The number of carbonyl (C=O) groups excluding carboxylic acids is 2. The third-order valence-corrected chi connectivity index (χ3v) is 3.81. The Balaban J connectivity index is 2.37. The Bertz CT molecular complexity index is 644. The number of aliphatic hydroxyl groups is 1.